The Bertz CT molecular complexity index is 1250. The second-order valence-corrected chi connectivity index (χ2v) is 9.33. The van der Waals surface area contributed by atoms with Crippen molar-refractivity contribution in [3.05, 3.63) is 80.5 Å². The van der Waals surface area contributed by atoms with Crippen molar-refractivity contribution in [1.29, 1.82) is 0 Å². The minimum atomic E-state index is -0.0262. The van der Waals surface area contributed by atoms with Crippen LogP contribution in [0.2, 0.25) is 0 Å². The zero-order valence-corrected chi connectivity index (χ0v) is 18.0. The third-order valence-electron chi connectivity index (χ3n) is 5.82. The first-order valence-corrected chi connectivity index (χ1v) is 11.2. The average molecular weight is 417 g/mol. The Morgan fingerprint density at radius 3 is 2.67 bits per heavy atom. The maximum absolute atomic E-state index is 12.8. The molecule has 0 bridgehead atoms. The molecule has 0 saturated carbocycles. The van der Waals surface area contributed by atoms with Gasteiger partial charge in [0, 0.05) is 10.4 Å². The van der Waals surface area contributed by atoms with Gasteiger partial charge in [0.15, 0.2) is 0 Å². The Morgan fingerprint density at radius 1 is 1.13 bits per heavy atom. The Labute approximate surface area is 179 Å². The number of hydrogen-bond donors (Lipinski definition) is 1. The molecule has 30 heavy (non-hydrogen) atoms. The maximum atomic E-state index is 12.8. The van der Waals surface area contributed by atoms with Gasteiger partial charge < -0.3 is 9.72 Å². The maximum Gasteiger partial charge on any atom is 0.260 e. The molecule has 152 valence electrons. The fourth-order valence-corrected chi connectivity index (χ4v) is 5.43. The number of rotatable bonds is 4. The smallest absolute Gasteiger partial charge is 0.260 e. The molecular weight excluding hydrogens is 392 g/mol. The number of ether oxygens (including phenoxy) is 1. The minimum Gasteiger partial charge on any atom is -0.489 e. The molecule has 0 spiro atoms. The van der Waals surface area contributed by atoms with E-state index < -0.39 is 0 Å². The number of aromatic amines is 1. The van der Waals surface area contributed by atoms with E-state index in [0.717, 1.165) is 46.4 Å². The van der Waals surface area contributed by atoms with E-state index in [-0.39, 0.29) is 5.56 Å². The quantitative estimate of drug-likeness (QED) is 0.467. The predicted octanol–water partition coefficient (Wildman–Crippen LogP) is 5.66. The Balaban J connectivity index is 1.38. The lowest BCUT2D eigenvalue weighted by atomic mass is 9.89. The Kier molecular flexibility index (Phi) is 4.91. The highest BCUT2D eigenvalue weighted by Gasteiger charge is 2.23. The number of thiophene rings is 1. The fraction of sp³-hybridized carbons (Fsp3) is 0.280. The number of aryl methyl sites for hydroxylation is 2. The molecule has 0 aliphatic heterocycles. The van der Waals surface area contributed by atoms with Gasteiger partial charge in [0.05, 0.1) is 5.39 Å². The van der Waals surface area contributed by atoms with Crippen molar-refractivity contribution in [3.63, 3.8) is 0 Å². The van der Waals surface area contributed by atoms with Crippen LogP contribution in [0.25, 0.3) is 21.6 Å². The summed E-state index contributed by atoms with van der Waals surface area (Å²) in [6.07, 6.45) is 3.18. The van der Waals surface area contributed by atoms with Crippen LogP contribution in [0.1, 0.15) is 34.9 Å². The van der Waals surface area contributed by atoms with E-state index in [0.29, 0.717) is 18.3 Å². The summed E-state index contributed by atoms with van der Waals surface area (Å²) in [7, 11) is 0. The molecule has 1 N–H and O–H groups in total. The highest BCUT2D eigenvalue weighted by atomic mass is 32.1. The molecular formula is C25H24N2O2S. The summed E-state index contributed by atoms with van der Waals surface area (Å²) >= 11 is 1.68. The zero-order chi connectivity index (χ0) is 20.7. The first-order chi connectivity index (χ1) is 14.6. The monoisotopic (exact) mass is 416 g/mol. The lowest BCUT2D eigenvalue weighted by molar-refractivity contribution is 0.306. The molecule has 0 unspecified atom stereocenters. The molecule has 2 heterocycles. The highest BCUT2D eigenvalue weighted by Crippen LogP contribution is 2.36. The second-order valence-electron chi connectivity index (χ2n) is 8.25. The molecule has 5 rings (SSSR count). The molecule has 2 aromatic heterocycles. The van der Waals surface area contributed by atoms with E-state index in [1.54, 1.807) is 11.3 Å². The standard InChI is InChI=1S/C25H24N2O2S/c1-15-3-6-17(7-4-15)14-29-19-10-8-18(9-11-19)23-26-24(28)22-20-12-5-16(2)13-21(20)30-25(22)27-23/h3-4,6-11,16H,5,12-14H2,1-2H3,(H,26,27,28)/t16-/m0/s1. The third-order valence-corrected chi connectivity index (χ3v) is 6.97. The molecule has 1 atom stereocenters. The first kappa shape index (κ1) is 19.1. The molecule has 1 aliphatic carbocycles. The van der Waals surface area contributed by atoms with Crippen LogP contribution in [-0.2, 0) is 19.4 Å². The molecule has 2 aromatic carbocycles. The molecule has 5 heteroatoms. The first-order valence-electron chi connectivity index (χ1n) is 10.4. The van der Waals surface area contributed by atoms with Crippen LogP contribution in [0.5, 0.6) is 5.75 Å². The van der Waals surface area contributed by atoms with E-state index in [1.807, 2.05) is 24.3 Å². The largest absolute Gasteiger partial charge is 0.489 e. The lowest BCUT2D eigenvalue weighted by Crippen LogP contribution is -2.13. The van der Waals surface area contributed by atoms with Crippen LogP contribution >= 0.6 is 11.3 Å². The van der Waals surface area contributed by atoms with Gasteiger partial charge in [-0.1, -0.05) is 36.8 Å². The topological polar surface area (TPSA) is 55.0 Å². The summed E-state index contributed by atoms with van der Waals surface area (Å²) < 4.78 is 5.89. The fourth-order valence-electron chi connectivity index (χ4n) is 4.05. The van der Waals surface area contributed by atoms with Gasteiger partial charge in [-0.3, -0.25) is 4.79 Å². The number of nitrogens with one attached hydrogen (secondary N) is 1. The average Bonchev–Trinajstić information content (AvgIpc) is 3.11. The Morgan fingerprint density at radius 2 is 1.90 bits per heavy atom. The summed E-state index contributed by atoms with van der Waals surface area (Å²) in [5, 5.41) is 0.795. The van der Waals surface area contributed by atoms with Crippen LogP contribution in [0.4, 0.5) is 0 Å². The molecule has 4 nitrogen and oxygen atoms in total. The zero-order valence-electron chi connectivity index (χ0n) is 17.2. The molecule has 4 aromatic rings. The van der Waals surface area contributed by atoms with Gasteiger partial charge in [0.1, 0.15) is 23.0 Å². The van der Waals surface area contributed by atoms with Crippen molar-refractivity contribution in [2.24, 2.45) is 5.92 Å². The van der Waals surface area contributed by atoms with Gasteiger partial charge in [-0.05, 0) is 67.5 Å². The Hall–Kier alpha value is -2.92. The van der Waals surface area contributed by atoms with Crippen molar-refractivity contribution >= 4 is 21.6 Å². The van der Waals surface area contributed by atoms with Crippen LogP contribution in [0.15, 0.2) is 53.3 Å². The summed E-state index contributed by atoms with van der Waals surface area (Å²) in [5.41, 5.74) is 4.45. The molecule has 1 aliphatic rings. The lowest BCUT2D eigenvalue weighted by Gasteiger charge is -2.17. The van der Waals surface area contributed by atoms with Crippen LogP contribution in [0, 0.1) is 12.8 Å². The summed E-state index contributed by atoms with van der Waals surface area (Å²) in [6, 6.07) is 16.1. The van der Waals surface area contributed by atoms with Crippen molar-refractivity contribution in [3.8, 4) is 17.1 Å². The number of aromatic nitrogens is 2. The SMILES string of the molecule is Cc1ccc(COc2ccc(-c3nc4sc5c(c4c(=O)[nH]3)CC[C@H](C)C5)cc2)cc1. The number of H-pyrrole nitrogens is 1. The van der Waals surface area contributed by atoms with E-state index in [1.165, 1.54) is 16.0 Å². The van der Waals surface area contributed by atoms with Crippen molar-refractivity contribution < 1.29 is 4.74 Å². The molecule has 0 radical (unpaired) electrons. The number of benzene rings is 2. The van der Waals surface area contributed by atoms with Crippen LogP contribution in [0.3, 0.4) is 0 Å². The number of fused-ring (bicyclic) bond motifs is 3. The van der Waals surface area contributed by atoms with Gasteiger partial charge >= 0.3 is 0 Å². The van der Waals surface area contributed by atoms with E-state index >= 15 is 0 Å². The van der Waals surface area contributed by atoms with Gasteiger partial charge in [-0.15, -0.1) is 11.3 Å². The normalized spacial score (nSPS) is 15.9. The number of nitrogens with zero attached hydrogens (tertiary/aromatic N) is 1. The molecule has 0 saturated heterocycles. The van der Waals surface area contributed by atoms with Crippen LogP contribution in [-0.4, -0.2) is 9.97 Å². The van der Waals surface area contributed by atoms with Gasteiger partial charge in [-0.25, -0.2) is 4.98 Å². The van der Waals surface area contributed by atoms with Crippen molar-refractivity contribution in [2.75, 3.05) is 0 Å². The highest BCUT2D eigenvalue weighted by molar-refractivity contribution is 7.18. The summed E-state index contributed by atoms with van der Waals surface area (Å²) in [5.74, 6) is 2.09. The summed E-state index contributed by atoms with van der Waals surface area (Å²) in [6.45, 7) is 4.88. The van der Waals surface area contributed by atoms with E-state index in [2.05, 4.69) is 43.1 Å². The van der Waals surface area contributed by atoms with Gasteiger partial charge in [0.25, 0.3) is 5.56 Å². The van der Waals surface area contributed by atoms with Gasteiger partial charge in [-0.2, -0.15) is 0 Å². The number of hydrogen-bond acceptors (Lipinski definition) is 4. The molecule has 0 fully saturated rings. The molecule has 0 amide bonds. The van der Waals surface area contributed by atoms with E-state index in [4.69, 9.17) is 9.72 Å². The van der Waals surface area contributed by atoms with Crippen molar-refractivity contribution in [2.45, 2.75) is 39.7 Å². The van der Waals surface area contributed by atoms with Gasteiger partial charge in [0.2, 0.25) is 0 Å². The van der Waals surface area contributed by atoms with Crippen LogP contribution < -0.4 is 10.3 Å². The predicted molar refractivity (Wildman–Crippen MR) is 122 cm³/mol. The third kappa shape index (κ3) is 3.65. The van der Waals surface area contributed by atoms with Crippen molar-refractivity contribution in [1.82, 2.24) is 9.97 Å². The summed E-state index contributed by atoms with van der Waals surface area (Å²) in [4.78, 5) is 22.8. The van der Waals surface area contributed by atoms with E-state index in [9.17, 15) is 4.79 Å². The minimum absolute atomic E-state index is 0.0262. The second kappa shape index (κ2) is 7.73.